The highest BCUT2D eigenvalue weighted by Crippen LogP contribution is 2.34. The van der Waals surface area contributed by atoms with Gasteiger partial charge in [0.25, 0.3) is 0 Å². The molecule has 0 saturated carbocycles. The van der Waals surface area contributed by atoms with E-state index in [1.807, 2.05) is 77.7 Å². The van der Waals surface area contributed by atoms with E-state index in [4.69, 9.17) is 16.3 Å². The van der Waals surface area contributed by atoms with Gasteiger partial charge in [-0.15, -0.1) is 0 Å². The molecule has 6 heteroatoms. The third kappa shape index (κ3) is 5.47. The van der Waals surface area contributed by atoms with Gasteiger partial charge in [-0.05, 0) is 61.8 Å². The maximum Gasteiger partial charge on any atom is 0.226 e. The molecule has 0 spiro atoms. The molecule has 0 radical (unpaired) electrons. The number of benzene rings is 2. The Kier molecular flexibility index (Phi) is 7.75. The lowest BCUT2D eigenvalue weighted by Gasteiger charge is -2.36. The summed E-state index contributed by atoms with van der Waals surface area (Å²) in [7, 11) is 0. The number of carbonyl (C=O) groups excluding carboxylic acids is 1. The number of hydrogen-bond acceptors (Lipinski definition) is 4. The molecule has 1 atom stereocenters. The van der Waals surface area contributed by atoms with E-state index in [0.717, 1.165) is 42.9 Å². The highest BCUT2D eigenvalue weighted by atomic mass is 35.5. The molecule has 1 fully saturated rings. The molecule has 4 rings (SSSR count). The standard InChI is InChI=1S/C26H28ClN3O2/c27-23-11-5-4-10-22(23)25(24-12-6-7-15-29-24)30(26(31)20-13-16-28-17-14-20)18-19-32-21-8-2-1-3-9-21/h1-12,15,20,25,28H,13-14,16-19H2/t25-/m0/s1. The number of piperidine rings is 1. The fourth-order valence-corrected chi connectivity index (χ4v) is 4.41. The van der Waals surface area contributed by atoms with Crippen LogP contribution in [0.2, 0.25) is 5.02 Å². The van der Waals surface area contributed by atoms with Crippen LogP contribution >= 0.6 is 11.6 Å². The second-order valence-corrected chi connectivity index (χ2v) is 8.30. The van der Waals surface area contributed by atoms with Gasteiger partial charge in [0.2, 0.25) is 5.91 Å². The van der Waals surface area contributed by atoms with Gasteiger partial charge in [-0.3, -0.25) is 9.78 Å². The minimum Gasteiger partial charge on any atom is -0.492 e. The van der Waals surface area contributed by atoms with Gasteiger partial charge in [0.15, 0.2) is 0 Å². The van der Waals surface area contributed by atoms with Gasteiger partial charge in [0.05, 0.1) is 12.2 Å². The third-order valence-electron chi connectivity index (χ3n) is 5.80. The van der Waals surface area contributed by atoms with Crippen LogP contribution in [0, 0.1) is 5.92 Å². The number of ether oxygens (including phenoxy) is 1. The molecule has 2 aromatic carbocycles. The van der Waals surface area contributed by atoms with Crippen LogP contribution in [0.15, 0.2) is 79.0 Å². The van der Waals surface area contributed by atoms with Crippen LogP contribution in [0.5, 0.6) is 5.75 Å². The van der Waals surface area contributed by atoms with E-state index in [-0.39, 0.29) is 17.9 Å². The zero-order valence-corrected chi connectivity index (χ0v) is 18.7. The number of nitrogens with zero attached hydrogens (tertiary/aromatic N) is 2. The van der Waals surface area contributed by atoms with Crippen molar-refractivity contribution in [3.63, 3.8) is 0 Å². The summed E-state index contributed by atoms with van der Waals surface area (Å²) in [4.78, 5) is 20.3. The number of pyridine rings is 1. The molecule has 0 bridgehead atoms. The predicted molar refractivity (Wildman–Crippen MR) is 127 cm³/mol. The Balaban J connectivity index is 1.67. The number of rotatable bonds is 8. The SMILES string of the molecule is O=C(C1CCNCC1)N(CCOc1ccccc1)[C@H](c1ccccn1)c1ccccc1Cl. The highest BCUT2D eigenvalue weighted by Gasteiger charge is 2.33. The van der Waals surface area contributed by atoms with Crippen molar-refractivity contribution in [2.75, 3.05) is 26.2 Å². The average molecular weight is 450 g/mol. The normalized spacial score (nSPS) is 15.2. The van der Waals surface area contributed by atoms with Crippen molar-refractivity contribution < 1.29 is 9.53 Å². The first-order valence-corrected chi connectivity index (χ1v) is 11.5. The monoisotopic (exact) mass is 449 g/mol. The predicted octanol–water partition coefficient (Wildman–Crippen LogP) is 4.73. The van der Waals surface area contributed by atoms with E-state index in [9.17, 15) is 4.79 Å². The van der Waals surface area contributed by atoms with Gasteiger partial charge >= 0.3 is 0 Å². The van der Waals surface area contributed by atoms with Crippen LogP contribution in [0.1, 0.15) is 30.1 Å². The van der Waals surface area contributed by atoms with Crippen LogP contribution < -0.4 is 10.1 Å². The molecular weight excluding hydrogens is 422 g/mol. The number of aromatic nitrogens is 1. The van der Waals surface area contributed by atoms with E-state index in [1.54, 1.807) is 6.20 Å². The minimum atomic E-state index is -0.383. The van der Waals surface area contributed by atoms with Crippen LogP contribution in [-0.2, 0) is 4.79 Å². The Bertz CT molecular complexity index is 994. The Morgan fingerprint density at radius 1 is 1.03 bits per heavy atom. The van der Waals surface area contributed by atoms with Crippen molar-refractivity contribution in [1.82, 2.24) is 15.2 Å². The lowest BCUT2D eigenvalue weighted by atomic mass is 9.93. The van der Waals surface area contributed by atoms with Crippen molar-refractivity contribution in [3.8, 4) is 5.75 Å². The Hall–Kier alpha value is -2.89. The van der Waals surface area contributed by atoms with E-state index in [2.05, 4.69) is 10.3 Å². The molecule has 1 aliphatic rings. The summed E-state index contributed by atoms with van der Waals surface area (Å²) in [5.41, 5.74) is 1.66. The van der Waals surface area contributed by atoms with Crippen molar-refractivity contribution in [2.24, 2.45) is 5.92 Å². The highest BCUT2D eigenvalue weighted by molar-refractivity contribution is 6.31. The second kappa shape index (κ2) is 11.1. The third-order valence-corrected chi connectivity index (χ3v) is 6.14. The summed E-state index contributed by atoms with van der Waals surface area (Å²) in [5, 5.41) is 3.97. The summed E-state index contributed by atoms with van der Waals surface area (Å²) >= 11 is 6.63. The van der Waals surface area contributed by atoms with Gasteiger partial charge < -0.3 is 15.0 Å². The van der Waals surface area contributed by atoms with Crippen molar-refractivity contribution in [3.05, 3.63) is 95.3 Å². The molecule has 3 aromatic rings. The lowest BCUT2D eigenvalue weighted by Crippen LogP contribution is -2.45. The van der Waals surface area contributed by atoms with Crippen LogP contribution in [0.3, 0.4) is 0 Å². The molecule has 0 aliphatic carbocycles. The molecule has 1 amide bonds. The largest absolute Gasteiger partial charge is 0.492 e. The maximum atomic E-state index is 13.8. The van der Waals surface area contributed by atoms with Crippen LogP contribution in [0.4, 0.5) is 0 Å². The quantitative estimate of drug-likeness (QED) is 0.540. The summed E-state index contributed by atoms with van der Waals surface area (Å²) in [5.74, 6) is 0.884. The lowest BCUT2D eigenvalue weighted by molar-refractivity contribution is -0.138. The van der Waals surface area contributed by atoms with E-state index in [0.29, 0.717) is 18.2 Å². The summed E-state index contributed by atoms with van der Waals surface area (Å²) in [6.07, 6.45) is 3.41. The first-order valence-electron chi connectivity index (χ1n) is 11.1. The zero-order chi connectivity index (χ0) is 22.2. The molecule has 0 unspecified atom stereocenters. The Labute approximate surface area is 194 Å². The summed E-state index contributed by atoms with van der Waals surface area (Å²) in [6, 6.07) is 22.8. The number of nitrogens with one attached hydrogen (secondary N) is 1. The molecule has 2 heterocycles. The molecule has 1 aliphatic heterocycles. The van der Waals surface area contributed by atoms with E-state index < -0.39 is 0 Å². The Morgan fingerprint density at radius 3 is 2.47 bits per heavy atom. The maximum absolute atomic E-state index is 13.8. The molecule has 32 heavy (non-hydrogen) atoms. The fourth-order valence-electron chi connectivity index (χ4n) is 4.17. The molecular formula is C26H28ClN3O2. The van der Waals surface area contributed by atoms with Crippen LogP contribution in [-0.4, -0.2) is 42.0 Å². The van der Waals surface area contributed by atoms with Gasteiger partial charge in [-0.1, -0.05) is 54.1 Å². The fraction of sp³-hybridized carbons (Fsp3) is 0.308. The van der Waals surface area contributed by atoms with Gasteiger partial charge in [-0.2, -0.15) is 0 Å². The number of halogens is 1. The van der Waals surface area contributed by atoms with Crippen LogP contribution in [0.25, 0.3) is 0 Å². The molecule has 1 aromatic heterocycles. The summed E-state index contributed by atoms with van der Waals surface area (Å²) in [6.45, 7) is 2.52. The van der Waals surface area contributed by atoms with Gasteiger partial charge in [0, 0.05) is 17.1 Å². The average Bonchev–Trinajstić information content (AvgIpc) is 2.86. The molecule has 1 N–H and O–H groups in total. The van der Waals surface area contributed by atoms with Gasteiger partial charge in [0.1, 0.15) is 18.4 Å². The number of para-hydroxylation sites is 1. The van der Waals surface area contributed by atoms with Crippen molar-refractivity contribution in [1.29, 1.82) is 0 Å². The Morgan fingerprint density at radius 2 is 1.75 bits per heavy atom. The van der Waals surface area contributed by atoms with E-state index >= 15 is 0 Å². The number of carbonyl (C=O) groups is 1. The van der Waals surface area contributed by atoms with Crippen molar-refractivity contribution >= 4 is 17.5 Å². The van der Waals surface area contributed by atoms with Crippen molar-refractivity contribution in [2.45, 2.75) is 18.9 Å². The zero-order valence-electron chi connectivity index (χ0n) is 18.0. The first-order chi connectivity index (χ1) is 15.7. The number of amides is 1. The number of hydrogen-bond donors (Lipinski definition) is 1. The molecule has 1 saturated heterocycles. The second-order valence-electron chi connectivity index (χ2n) is 7.90. The minimum absolute atomic E-state index is 0.0262. The molecule has 5 nitrogen and oxygen atoms in total. The topological polar surface area (TPSA) is 54.5 Å². The smallest absolute Gasteiger partial charge is 0.226 e. The van der Waals surface area contributed by atoms with Gasteiger partial charge in [-0.25, -0.2) is 0 Å². The molecule has 166 valence electrons. The first kappa shape index (κ1) is 22.3. The summed E-state index contributed by atoms with van der Waals surface area (Å²) < 4.78 is 5.97. The van der Waals surface area contributed by atoms with E-state index in [1.165, 1.54) is 0 Å².